The Hall–Kier alpha value is -2.81. The molecule has 1 aromatic heterocycles. The van der Waals surface area contributed by atoms with Crippen molar-refractivity contribution in [2.45, 2.75) is 32.0 Å². The predicted molar refractivity (Wildman–Crippen MR) is 123 cm³/mol. The van der Waals surface area contributed by atoms with Gasteiger partial charge in [0.15, 0.2) is 0 Å². The fourth-order valence-electron chi connectivity index (χ4n) is 3.88. The van der Waals surface area contributed by atoms with Crippen LogP contribution in [0, 0.1) is 5.82 Å². The van der Waals surface area contributed by atoms with E-state index in [9.17, 15) is 14.0 Å². The SMILES string of the molecule is CC[C@H](NC1CN(C(=O)c2cc(Cc3n[nH]c(=O)c4ccccc34)ccc2F)C1)OC.Cl. The number of ether oxygens (including phenoxy) is 1. The van der Waals surface area contributed by atoms with Gasteiger partial charge in [-0.3, -0.25) is 14.9 Å². The number of fused-ring (bicyclic) bond motifs is 1. The second-order valence-electron chi connectivity index (χ2n) is 7.74. The number of rotatable bonds is 7. The molecule has 1 aliphatic rings. The highest BCUT2D eigenvalue weighted by Crippen LogP contribution is 2.21. The first-order valence-corrected chi connectivity index (χ1v) is 10.3. The van der Waals surface area contributed by atoms with Gasteiger partial charge in [-0.1, -0.05) is 31.2 Å². The molecule has 2 N–H and O–H groups in total. The van der Waals surface area contributed by atoms with E-state index in [-0.39, 0.29) is 41.7 Å². The molecule has 1 amide bonds. The topological polar surface area (TPSA) is 87.3 Å². The quantitative estimate of drug-likeness (QED) is 0.529. The molecule has 0 unspecified atom stereocenters. The van der Waals surface area contributed by atoms with Gasteiger partial charge in [-0.25, -0.2) is 9.49 Å². The van der Waals surface area contributed by atoms with Gasteiger partial charge in [0, 0.05) is 38.0 Å². The Kier molecular flexibility index (Phi) is 7.60. The van der Waals surface area contributed by atoms with Crippen LogP contribution < -0.4 is 10.9 Å². The smallest absolute Gasteiger partial charge is 0.272 e. The summed E-state index contributed by atoms with van der Waals surface area (Å²) >= 11 is 0. The highest BCUT2D eigenvalue weighted by atomic mass is 35.5. The molecule has 7 nitrogen and oxygen atoms in total. The van der Waals surface area contributed by atoms with Gasteiger partial charge in [-0.2, -0.15) is 5.10 Å². The molecule has 4 rings (SSSR count). The minimum atomic E-state index is -0.548. The maximum Gasteiger partial charge on any atom is 0.272 e. The van der Waals surface area contributed by atoms with Gasteiger partial charge < -0.3 is 9.64 Å². The zero-order valence-electron chi connectivity index (χ0n) is 17.9. The lowest BCUT2D eigenvalue weighted by molar-refractivity contribution is 0.0217. The molecular formula is C23H26ClFN4O3. The minimum absolute atomic E-state index is 0. The third-order valence-electron chi connectivity index (χ3n) is 5.65. The van der Waals surface area contributed by atoms with Crippen molar-refractivity contribution in [1.82, 2.24) is 20.4 Å². The van der Waals surface area contributed by atoms with E-state index >= 15 is 0 Å². The molecule has 0 saturated carbocycles. The van der Waals surface area contributed by atoms with Crippen molar-refractivity contribution in [2.75, 3.05) is 20.2 Å². The monoisotopic (exact) mass is 460 g/mol. The molecule has 3 aromatic rings. The minimum Gasteiger partial charge on any atom is -0.367 e. The van der Waals surface area contributed by atoms with Gasteiger partial charge in [-0.15, -0.1) is 12.4 Å². The van der Waals surface area contributed by atoms with Crippen molar-refractivity contribution < 1.29 is 13.9 Å². The number of H-pyrrole nitrogens is 1. The van der Waals surface area contributed by atoms with Gasteiger partial charge in [-0.05, 0) is 30.2 Å². The van der Waals surface area contributed by atoms with Crippen LogP contribution in [0.3, 0.4) is 0 Å². The molecule has 0 bridgehead atoms. The number of aromatic amines is 1. The average molecular weight is 461 g/mol. The Balaban J connectivity index is 0.00000289. The second kappa shape index (κ2) is 10.2. The molecule has 0 radical (unpaired) electrons. The average Bonchev–Trinajstić information content (AvgIpc) is 2.76. The van der Waals surface area contributed by atoms with Crippen LogP contribution in [0.15, 0.2) is 47.3 Å². The summed E-state index contributed by atoms with van der Waals surface area (Å²) in [5.74, 6) is -0.880. The Labute approximate surface area is 191 Å². The molecule has 0 aliphatic carbocycles. The first-order valence-electron chi connectivity index (χ1n) is 10.3. The number of likely N-dealkylation sites (tertiary alicyclic amines) is 1. The molecule has 1 atom stereocenters. The number of hydrogen-bond donors (Lipinski definition) is 2. The molecule has 1 fully saturated rings. The van der Waals surface area contributed by atoms with E-state index in [1.807, 2.05) is 19.1 Å². The Bertz CT molecular complexity index is 1160. The zero-order valence-corrected chi connectivity index (χ0v) is 18.7. The van der Waals surface area contributed by atoms with Gasteiger partial charge in [0.25, 0.3) is 11.5 Å². The van der Waals surface area contributed by atoms with Gasteiger partial charge in [0.05, 0.1) is 16.6 Å². The maximum absolute atomic E-state index is 14.5. The van der Waals surface area contributed by atoms with Gasteiger partial charge in [0.2, 0.25) is 0 Å². The summed E-state index contributed by atoms with van der Waals surface area (Å²) in [4.78, 5) is 26.5. The summed E-state index contributed by atoms with van der Waals surface area (Å²) in [5.41, 5.74) is 1.20. The summed E-state index contributed by atoms with van der Waals surface area (Å²) in [7, 11) is 1.64. The molecule has 2 aromatic carbocycles. The van der Waals surface area contributed by atoms with E-state index in [2.05, 4.69) is 15.5 Å². The van der Waals surface area contributed by atoms with Crippen LogP contribution in [0.2, 0.25) is 0 Å². The van der Waals surface area contributed by atoms with Crippen LogP contribution in [0.25, 0.3) is 10.8 Å². The summed E-state index contributed by atoms with van der Waals surface area (Å²) in [6.07, 6.45) is 1.14. The molecular weight excluding hydrogens is 435 g/mol. The van der Waals surface area contributed by atoms with Crippen molar-refractivity contribution >= 4 is 29.1 Å². The van der Waals surface area contributed by atoms with Gasteiger partial charge in [0.1, 0.15) is 12.0 Å². The van der Waals surface area contributed by atoms with E-state index in [0.717, 1.165) is 17.4 Å². The predicted octanol–water partition coefficient (Wildman–Crippen LogP) is 2.87. The number of methoxy groups -OCH3 is 1. The fourth-order valence-corrected chi connectivity index (χ4v) is 3.88. The van der Waals surface area contributed by atoms with Crippen LogP contribution in [0.1, 0.15) is 35.0 Å². The molecule has 32 heavy (non-hydrogen) atoms. The van der Waals surface area contributed by atoms with Crippen molar-refractivity contribution in [2.24, 2.45) is 0 Å². The van der Waals surface area contributed by atoms with Crippen molar-refractivity contribution in [3.8, 4) is 0 Å². The Morgan fingerprint density at radius 3 is 2.69 bits per heavy atom. The first kappa shape index (κ1) is 23.8. The summed E-state index contributed by atoms with van der Waals surface area (Å²) in [5, 5.41) is 11.3. The summed E-state index contributed by atoms with van der Waals surface area (Å²) in [6.45, 7) is 3.03. The molecule has 170 valence electrons. The van der Waals surface area contributed by atoms with Gasteiger partial charge >= 0.3 is 0 Å². The van der Waals surface area contributed by atoms with Crippen LogP contribution in [0.5, 0.6) is 0 Å². The van der Waals surface area contributed by atoms with Crippen molar-refractivity contribution in [1.29, 1.82) is 0 Å². The number of nitrogens with one attached hydrogen (secondary N) is 2. The molecule has 1 aliphatic heterocycles. The number of carbonyl (C=O) groups is 1. The lowest BCUT2D eigenvalue weighted by atomic mass is 10.0. The van der Waals surface area contributed by atoms with Crippen LogP contribution in [-0.2, 0) is 11.2 Å². The number of nitrogens with zero attached hydrogens (tertiary/aromatic N) is 2. The number of aromatic nitrogens is 2. The van der Waals surface area contributed by atoms with Crippen LogP contribution >= 0.6 is 12.4 Å². The molecule has 9 heteroatoms. The Morgan fingerprint density at radius 1 is 1.28 bits per heavy atom. The van der Waals surface area contributed by atoms with E-state index in [1.54, 1.807) is 36.3 Å². The van der Waals surface area contributed by atoms with E-state index in [4.69, 9.17) is 4.74 Å². The number of benzene rings is 2. The normalized spacial score (nSPS) is 14.7. The van der Waals surface area contributed by atoms with Crippen molar-refractivity contribution in [3.63, 3.8) is 0 Å². The fraction of sp³-hybridized carbons (Fsp3) is 0.348. The molecule has 0 spiro atoms. The van der Waals surface area contributed by atoms with Crippen LogP contribution in [0.4, 0.5) is 4.39 Å². The highest BCUT2D eigenvalue weighted by molar-refractivity contribution is 5.95. The lowest BCUT2D eigenvalue weighted by Gasteiger charge is -2.41. The summed E-state index contributed by atoms with van der Waals surface area (Å²) in [6, 6.07) is 11.9. The highest BCUT2D eigenvalue weighted by Gasteiger charge is 2.33. The Morgan fingerprint density at radius 2 is 2.00 bits per heavy atom. The molecule has 1 saturated heterocycles. The zero-order chi connectivity index (χ0) is 22.0. The largest absolute Gasteiger partial charge is 0.367 e. The number of carbonyl (C=O) groups excluding carboxylic acids is 1. The third kappa shape index (κ3) is 4.82. The second-order valence-corrected chi connectivity index (χ2v) is 7.74. The maximum atomic E-state index is 14.5. The van der Waals surface area contributed by atoms with Crippen LogP contribution in [-0.4, -0.2) is 53.5 Å². The lowest BCUT2D eigenvalue weighted by Crippen LogP contribution is -2.62. The third-order valence-corrected chi connectivity index (χ3v) is 5.65. The summed E-state index contributed by atoms with van der Waals surface area (Å²) < 4.78 is 19.8. The number of amides is 1. The van der Waals surface area contributed by atoms with Crippen molar-refractivity contribution in [3.05, 3.63) is 75.5 Å². The van der Waals surface area contributed by atoms with E-state index in [0.29, 0.717) is 30.6 Å². The van der Waals surface area contributed by atoms with E-state index in [1.165, 1.54) is 6.07 Å². The number of hydrogen-bond acceptors (Lipinski definition) is 5. The standard InChI is InChI=1S/C23H25FN4O3.ClH/c1-3-21(31-2)25-15-12-28(13-15)23(30)18-10-14(8-9-19(18)24)11-20-16-6-4-5-7-17(16)22(29)27-26-20;/h4-10,15,21,25H,3,11-13H2,1-2H3,(H,27,29);1H/t21-;/m1./s1. The number of halogens is 2. The molecule has 2 heterocycles. The van der Waals surface area contributed by atoms with E-state index < -0.39 is 5.82 Å². The first-order chi connectivity index (χ1) is 15.0.